The minimum atomic E-state index is -1.30. The van der Waals surface area contributed by atoms with Gasteiger partial charge in [-0.3, -0.25) is 4.90 Å². The highest BCUT2D eigenvalue weighted by molar-refractivity contribution is 5.86. The fourth-order valence-corrected chi connectivity index (χ4v) is 2.01. The van der Waals surface area contributed by atoms with E-state index in [1.807, 2.05) is 0 Å². The van der Waals surface area contributed by atoms with Gasteiger partial charge in [-0.15, -0.1) is 0 Å². The number of ether oxygens (including phenoxy) is 2. The van der Waals surface area contributed by atoms with Crippen LogP contribution in [0.15, 0.2) is 0 Å². The first-order valence-electron chi connectivity index (χ1n) is 5.83. The number of rotatable bonds is 1. The number of carbonyl (C=O) groups excluding carboxylic acids is 2. The molecule has 1 aliphatic heterocycles. The highest BCUT2D eigenvalue weighted by Gasteiger charge is 2.52. The van der Waals surface area contributed by atoms with Crippen LogP contribution in [0.25, 0.3) is 0 Å². The van der Waals surface area contributed by atoms with E-state index >= 15 is 0 Å². The minimum absolute atomic E-state index is 0.0705. The number of hydrogen-bond donors (Lipinski definition) is 0. The molecule has 0 bridgehead atoms. The van der Waals surface area contributed by atoms with Gasteiger partial charge in [0, 0.05) is 6.42 Å². The molecule has 0 aromatic carbocycles. The number of halogens is 1. The van der Waals surface area contributed by atoms with Crippen LogP contribution < -0.4 is 0 Å². The Morgan fingerprint density at radius 2 is 1.94 bits per heavy atom. The van der Waals surface area contributed by atoms with Crippen LogP contribution in [0, 0.1) is 0 Å². The maximum atomic E-state index is 13.5. The van der Waals surface area contributed by atoms with E-state index in [4.69, 9.17) is 4.74 Å². The Hall–Kier alpha value is -1.33. The molecule has 2 atom stereocenters. The number of esters is 1. The lowest BCUT2D eigenvalue weighted by Crippen LogP contribution is -2.52. The van der Waals surface area contributed by atoms with E-state index in [0.29, 0.717) is 0 Å². The van der Waals surface area contributed by atoms with Gasteiger partial charge in [0.05, 0.1) is 13.7 Å². The predicted molar refractivity (Wildman–Crippen MR) is 62.9 cm³/mol. The van der Waals surface area contributed by atoms with E-state index in [1.165, 1.54) is 14.0 Å². The van der Waals surface area contributed by atoms with Gasteiger partial charge in [-0.25, -0.2) is 14.0 Å². The van der Waals surface area contributed by atoms with Crippen molar-refractivity contribution in [2.45, 2.75) is 51.4 Å². The van der Waals surface area contributed by atoms with Gasteiger partial charge in [0.1, 0.15) is 17.3 Å². The van der Waals surface area contributed by atoms with E-state index in [2.05, 4.69) is 4.74 Å². The van der Waals surface area contributed by atoms with Gasteiger partial charge in [-0.05, 0) is 27.7 Å². The number of carbonyl (C=O) groups is 2. The largest absolute Gasteiger partial charge is 0.467 e. The first-order valence-corrected chi connectivity index (χ1v) is 5.83. The number of likely N-dealkylation sites (tertiary alicyclic amines) is 1. The Bertz CT molecular complexity index is 352. The standard InChI is InChI=1S/C12H20FNO4/c1-11(2,3)18-10(16)14-7-8(13)6-12(14,4)9(15)17-5/h8H,6-7H2,1-5H3/t8-,12+/m0/s1. The van der Waals surface area contributed by atoms with E-state index < -0.39 is 29.4 Å². The molecule has 0 aromatic heterocycles. The van der Waals surface area contributed by atoms with Crippen LogP contribution in [-0.2, 0) is 14.3 Å². The third-order valence-electron chi connectivity index (χ3n) is 2.83. The Morgan fingerprint density at radius 3 is 2.39 bits per heavy atom. The maximum absolute atomic E-state index is 13.5. The zero-order chi connectivity index (χ0) is 14.1. The molecule has 0 radical (unpaired) electrons. The Kier molecular flexibility index (Phi) is 3.88. The van der Waals surface area contributed by atoms with Crippen molar-refractivity contribution in [2.75, 3.05) is 13.7 Å². The summed E-state index contributed by atoms with van der Waals surface area (Å²) in [6.45, 7) is 6.47. The molecule has 1 saturated heterocycles. The molecule has 6 heteroatoms. The van der Waals surface area contributed by atoms with Crippen LogP contribution in [-0.4, -0.2) is 47.9 Å². The molecular formula is C12H20FNO4. The Morgan fingerprint density at radius 1 is 1.39 bits per heavy atom. The van der Waals surface area contributed by atoms with Crippen LogP contribution in [0.1, 0.15) is 34.1 Å². The van der Waals surface area contributed by atoms with Crippen molar-refractivity contribution >= 4 is 12.1 Å². The molecule has 1 heterocycles. The molecule has 0 saturated carbocycles. The van der Waals surface area contributed by atoms with Crippen LogP contribution >= 0.6 is 0 Å². The summed E-state index contributed by atoms with van der Waals surface area (Å²) >= 11 is 0. The third kappa shape index (κ3) is 2.91. The SMILES string of the molecule is COC(=O)[C@@]1(C)C[C@H](F)CN1C(=O)OC(C)(C)C. The van der Waals surface area contributed by atoms with E-state index in [-0.39, 0.29) is 13.0 Å². The topological polar surface area (TPSA) is 55.8 Å². The van der Waals surface area contributed by atoms with Gasteiger partial charge in [0.25, 0.3) is 0 Å². The fraction of sp³-hybridized carbons (Fsp3) is 0.833. The van der Waals surface area contributed by atoms with Gasteiger partial charge < -0.3 is 9.47 Å². The molecule has 0 unspecified atom stereocenters. The van der Waals surface area contributed by atoms with E-state index in [9.17, 15) is 14.0 Å². The van der Waals surface area contributed by atoms with Gasteiger partial charge in [0.15, 0.2) is 0 Å². The monoisotopic (exact) mass is 261 g/mol. The second-order valence-electron chi connectivity index (χ2n) is 5.66. The van der Waals surface area contributed by atoms with Crippen LogP contribution in [0.3, 0.4) is 0 Å². The van der Waals surface area contributed by atoms with Crippen molar-refractivity contribution in [3.8, 4) is 0 Å². The Balaban J connectivity index is 2.92. The molecule has 0 aliphatic carbocycles. The van der Waals surface area contributed by atoms with Gasteiger partial charge in [-0.1, -0.05) is 0 Å². The molecule has 5 nitrogen and oxygen atoms in total. The lowest BCUT2D eigenvalue weighted by atomic mass is 9.99. The second kappa shape index (κ2) is 4.74. The summed E-state index contributed by atoms with van der Waals surface area (Å²) in [6, 6.07) is 0. The lowest BCUT2D eigenvalue weighted by molar-refractivity contribution is -0.152. The first kappa shape index (κ1) is 14.7. The van der Waals surface area contributed by atoms with Crippen molar-refractivity contribution < 1.29 is 23.5 Å². The quantitative estimate of drug-likeness (QED) is 0.676. The summed E-state index contributed by atoms with van der Waals surface area (Å²) in [5.74, 6) is -0.631. The number of amides is 1. The first-order chi connectivity index (χ1) is 8.10. The molecule has 0 aromatic rings. The molecular weight excluding hydrogens is 241 g/mol. The van der Waals surface area contributed by atoms with Crippen molar-refractivity contribution in [2.24, 2.45) is 0 Å². The summed E-state index contributed by atoms with van der Waals surface area (Å²) in [5, 5.41) is 0. The van der Waals surface area contributed by atoms with Crippen molar-refractivity contribution in [1.82, 2.24) is 4.90 Å². The summed E-state index contributed by atoms with van der Waals surface area (Å²) < 4.78 is 23.3. The molecule has 0 N–H and O–H groups in total. The summed E-state index contributed by atoms with van der Waals surface area (Å²) in [4.78, 5) is 24.8. The van der Waals surface area contributed by atoms with Gasteiger partial charge in [-0.2, -0.15) is 0 Å². The average Bonchev–Trinajstić information content (AvgIpc) is 2.51. The van der Waals surface area contributed by atoms with Crippen molar-refractivity contribution in [1.29, 1.82) is 0 Å². The maximum Gasteiger partial charge on any atom is 0.411 e. The minimum Gasteiger partial charge on any atom is -0.467 e. The summed E-state index contributed by atoms with van der Waals surface area (Å²) in [5.41, 5.74) is -1.99. The van der Waals surface area contributed by atoms with E-state index in [0.717, 1.165) is 4.90 Å². The number of nitrogens with zero attached hydrogens (tertiary/aromatic N) is 1. The third-order valence-corrected chi connectivity index (χ3v) is 2.83. The zero-order valence-corrected chi connectivity index (χ0v) is 11.4. The predicted octanol–water partition coefficient (Wildman–Crippen LogP) is 1.90. The summed E-state index contributed by atoms with van der Waals surface area (Å²) in [6.07, 6.45) is -2.02. The molecule has 1 rings (SSSR count). The number of methoxy groups -OCH3 is 1. The Labute approximate surface area is 106 Å². The second-order valence-corrected chi connectivity index (χ2v) is 5.66. The normalized spacial score (nSPS) is 28.1. The highest BCUT2D eigenvalue weighted by Crippen LogP contribution is 2.33. The van der Waals surface area contributed by atoms with Gasteiger partial charge in [0.2, 0.25) is 0 Å². The average molecular weight is 261 g/mol. The van der Waals surface area contributed by atoms with Gasteiger partial charge >= 0.3 is 12.1 Å². The molecule has 1 fully saturated rings. The fourth-order valence-electron chi connectivity index (χ4n) is 2.01. The highest BCUT2D eigenvalue weighted by atomic mass is 19.1. The van der Waals surface area contributed by atoms with Crippen molar-refractivity contribution in [3.63, 3.8) is 0 Å². The lowest BCUT2D eigenvalue weighted by Gasteiger charge is -2.33. The van der Waals surface area contributed by atoms with Crippen LogP contribution in [0.5, 0.6) is 0 Å². The number of alkyl halides is 1. The zero-order valence-electron chi connectivity index (χ0n) is 11.4. The smallest absolute Gasteiger partial charge is 0.411 e. The number of hydrogen-bond acceptors (Lipinski definition) is 4. The van der Waals surface area contributed by atoms with Crippen LogP contribution in [0.4, 0.5) is 9.18 Å². The molecule has 1 amide bonds. The van der Waals surface area contributed by atoms with Crippen molar-refractivity contribution in [3.05, 3.63) is 0 Å². The molecule has 18 heavy (non-hydrogen) atoms. The van der Waals surface area contributed by atoms with E-state index in [1.54, 1.807) is 20.8 Å². The molecule has 1 aliphatic rings. The molecule has 104 valence electrons. The van der Waals surface area contributed by atoms with Crippen LogP contribution in [0.2, 0.25) is 0 Å². The molecule has 0 spiro atoms. The summed E-state index contributed by atoms with van der Waals surface area (Å²) in [7, 11) is 1.21.